The molecule has 5 heteroatoms. The van der Waals surface area contributed by atoms with Crippen molar-refractivity contribution < 1.29 is 9.18 Å². The third-order valence-corrected chi connectivity index (χ3v) is 3.84. The second kappa shape index (κ2) is 6.23. The summed E-state index contributed by atoms with van der Waals surface area (Å²) in [7, 11) is 1.76. The smallest absolute Gasteiger partial charge is 0.235 e. The summed E-state index contributed by atoms with van der Waals surface area (Å²) >= 11 is 0. The molecule has 0 radical (unpaired) electrons. The zero-order valence-electron chi connectivity index (χ0n) is 12.4. The summed E-state index contributed by atoms with van der Waals surface area (Å²) in [6.45, 7) is 2.25. The van der Waals surface area contributed by atoms with E-state index < -0.39 is 5.54 Å². The van der Waals surface area contributed by atoms with E-state index in [9.17, 15) is 14.4 Å². The van der Waals surface area contributed by atoms with Gasteiger partial charge >= 0.3 is 0 Å². The fraction of sp³-hybridized carbons (Fsp3) is 0.500. The molecule has 0 saturated heterocycles. The monoisotopic (exact) mass is 289 g/mol. The van der Waals surface area contributed by atoms with Gasteiger partial charge in [-0.2, -0.15) is 5.26 Å². The molecule has 1 aromatic rings. The molecule has 4 nitrogen and oxygen atoms in total. The number of hydrogen-bond donors (Lipinski definition) is 1. The third-order valence-electron chi connectivity index (χ3n) is 3.84. The van der Waals surface area contributed by atoms with Crippen molar-refractivity contribution in [1.29, 1.82) is 5.26 Å². The summed E-state index contributed by atoms with van der Waals surface area (Å²) in [5.41, 5.74) is -0.228. The second-order valence-electron chi connectivity index (χ2n) is 5.90. The van der Waals surface area contributed by atoms with Gasteiger partial charge in [0, 0.05) is 12.1 Å². The molecule has 1 unspecified atom stereocenters. The van der Waals surface area contributed by atoms with Crippen molar-refractivity contribution in [3.63, 3.8) is 0 Å². The van der Waals surface area contributed by atoms with Crippen molar-refractivity contribution in [1.82, 2.24) is 10.2 Å². The average molecular weight is 289 g/mol. The van der Waals surface area contributed by atoms with Crippen LogP contribution in [-0.4, -0.2) is 29.9 Å². The van der Waals surface area contributed by atoms with Crippen LogP contribution < -0.4 is 5.32 Å². The van der Waals surface area contributed by atoms with Crippen LogP contribution in [0.5, 0.6) is 0 Å². The highest BCUT2D eigenvalue weighted by molar-refractivity contribution is 5.79. The minimum Gasteiger partial charge on any atom is -0.337 e. The molecule has 1 aliphatic carbocycles. The number of carbonyl (C=O) groups excluding carboxylic acids is 1. The second-order valence-corrected chi connectivity index (χ2v) is 5.90. The topological polar surface area (TPSA) is 56.1 Å². The number of nitrogens with zero attached hydrogens (tertiary/aromatic N) is 2. The Balaban J connectivity index is 1.88. The molecular formula is C16H20FN3O. The third kappa shape index (κ3) is 4.02. The van der Waals surface area contributed by atoms with Crippen LogP contribution >= 0.6 is 0 Å². The number of nitriles is 1. The van der Waals surface area contributed by atoms with Crippen LogP contribution in [0.1, 0.15) is 25.3 Å². The average Bonchev–Trinajstić information content (AvgIpc) is 3.25. The summed E-state index contributed by atoms with van der Waals surface area (Å²) in [5.74, 6) is -0.224. The Bertz CT molecular complexity index is 565. The molecule has 1 atom stereocenters. The number of hydrogen-bond acceptors (Lipinski definition) is 3. The summed E-state index contributed by atoms with van der Waals surface area (Å²) in [5, 5.41) is 12.0. The lowest BCUT2D eigenvalue weighted by Gasteiger charge is -2.25. The van der Waals surface area contributed by atoms with Crippen molar-refractivity contribution in [3.8, 4) is 6.07 Å². The van der Waals surface area contributed by atoms with Gasteiger partial charge in [-0.15, -0.1) is 0 Å². The standard InChI is InChI=1S/C16H20FN3O/c1-16(11-18,13-7-8-13)19-15(21)10-20(2)9-12-5-3-4-6-14(12)17/h3-6,13H,7-10H2,1-2H3,(H,19,21). The maximum absolute atomic E-state index is 13.6. The van der Waals surface area contributed by atoms with Crippen LogP contribution in [-0.2, 0) is 11.3 Å². The molecular weight excluding hydrogens is 269 g/mol. The largest absolute Gasteiger partial charge is 0.337 e. The van der Waals surface area contributed by atoms with E-state index in [2.05, 4.69) is 11.4 Å². The zero-order valence-corrected chi connectivity index (χ0v) is 12.4. The maximum atomic E-state index is 13.6. The van der Waals surface area contributed by atoms with Gasteiger partial charge in [0.15, 0.2) is 0 Å². The van der Waals surface area contributed by atoms with Crippen molar-refractivity contribution in [2.45, 2.75) is 31.8 Å². The lowest BCUT2D eigenvalue weighted by molar-refractivity contribution is -0.123. The summed E-state index contributed by atoms with van der Waals surface area (Å²) < 4.78 is 13.6. The highest BCUT2D eigenvalue weighted by atomic mass is 19.1. The molecule has 0 bridgehead atoms. The van der Waals surface area contributed by atoms with E-state index in [1.54, 1.807) is 37.1 Å². The van der Waals surface area contributed by atoms with E-state index in [-0.39, 0.29) is 24.2 Å². The Morgan fingerprint density at radius 1 is 1.52 bits per heavy atom. The zero-order chi connectivity index (χ0) is 15.5. The number of carbonyl (C=O) groups is 1. The van der Waals surface area contributed by atoms with Gasteiger partial charge in [-0.3, -0.25) is 9.69 Å². The number of amides is 1. The number of rotatable bonds is 6. The molecule has 0 spiro atoms. The highest BCUT2D eigenvalue weighted by Crippen LogP contribution is 2.39. The van der Waals surface area contributed by atoms with Gasteiger partial charge in [-0.25, -0.2) is 4.39 Å². The molecule has 112 valence electrons. The molecule has 1 amide bonds. The van der Waals surface area contributed by atoms with Gasteiger partial charge in [0.05, 0.1) is 12.6 Å². The quantitative estimate of drug-likeness (QED) is 0.872. The van der Waals surface area contributed by atoms with Crippen molar-refractivity contribution in [2.24, 2.45) is 5.92 Å². The van der Waals surface area contributed by atoms with E-state index in [1.807, 2.05) is 0 Å². The maximum Gasteiger partial charge on any atom is 0.235 e. The normalized spacial score (nSPS) is 17.1. The van der Waals surface area contributed by atoms with Crippen LogP contribution in [0.2, 0.25) is 0 Å². The Labute approximate surface area is 124 Å². The SMILES string of the molecule is CN(CC(=O)NC(C)(C#N)C1CC1)Cc1ccccc1F. The summed E-state index contributed by atoms with van der Waals surface area (Å²) in [6.07, 6.45) is 1.96. The fourth-order valence-electron chi connectivity index (χ4n) is 2.43. The fourth-order valence-corrected chi connectivity index (χ4v) is 2.43. The van der Waals surface area contributed by atoms with Gasteiger partial charge in [0.1, 0.15) is 11.4 Å². The molecule has 1 aliphatic rings. The van der Waals surface area contributed by atoms with E-state index in [0.29, 0.717) is 12.1 Å². The first-order chi connectivity index (χ1) is 9.94. The molecule has 0 aliphatic heterocycles. The number of benzene rings is 1. The predicted molar refractivity (Wildman–Crippen MR) is 77.6 cm³/mol. The Morgan fingerprint density at radius 3 is 2.76 bits per heavy atom. The lowest BCUT2D eigenvalue weighted by Crippen LogP contribution is -2.49. The Kier molecular flexibility index (Phi) is 4.59. The van der Waals surface area contributed by atoms with E-state index in [1.165, 1.54) is 6.07 Å². The summed E-state index contributed by atoms with van der Waals surface area (Å²) in [6, 6.07) is 8.71. The molecule has 1 N–H and O–H groups in total. The molecule has 1 fully saturated rings. The predicted octanol–water partition coefficient (Wildman–Crippen LogP) is 2.07. The van der Waals surface area contributed by atoms with E-state index in [0.717, 1.165) is 12.8 Å². The number of likely N-dealkylation sites (N-methyl/N-ethyl adjacent to an activating group) is 1. The molecule has 0 aromatic heterocycles. The van der Waals surface area contributed by atoms with Crippen LogP contribution in [0.4, 0.5) is 4.39 Å². The van der Waals surface area contributed by atoms with Gasteiger partial charge in [-0.05, 0) is 38.8 Å². The molecule has 21 heavy (non-hydrogen) atoms. The van der Waals surface area contributed by atoms with Crippen LogP contribution in [0.3, 0.4) is 0 Å². The Hall–Kier alpha value is -1.93. The van der Waals surface area contributed by atoms with Crippen LogP contribution in [0.25, 0.3) is 0 Å². The first-order valence-corrected chi connectivity index (χ1v) is 7.09. The first-order valence-electron chi connectivity index (χ1n) is 7.09. The van der Waals surface area contributed by atoms with Gasteiger partial charge in [0.25, 0.3) is 0 Å². The van der Waals surface area contributed by atoms with Gasteiger partial charge in [-0.1, -0.05) is 18.2 Å². The van der Waals surface area contributed by atoms with Crippen molar-refractivity contribution in [2.75, 3.05) is 13.6 Å². The molecule has 0 heterocycles. The molecule has 1 saturated carbocycles. The van der Waals surface area contributed by atoms with Crippen molar-refractivity contribution >= 4 is 5.91 Å². The van der Waals surface area contributed by atoms with Crippen molar-refractivity contribution in [3.05, 3.63) is 35.6 Å². The number of halogens is 1. The van der Waals surface area contributed by atoms with Gasteiger partial charge in [0.2, 0.25) is 5.91 Å². The van der Waals surface area contributed by atoms with E-state index in [4.69, 9.17) is 0 Å². The van der Waals surface area contributed by atoms with Crippen LogP contribution in [0.15, 0.2) is 24.3 Å². The molecule has 2 rings (SSSR count). The number of nitrogens with one attached hydrogen (secondary N) is 1. The minimum atomic E-state index is -0.782. The minimum absolute atomic E-state index is 0.137. The highest BCUT2D eigenvalue weighted by Gasteiger charge is 2.43. The van der Waals surface area contributed by atoms with E-state index >= 15 is 0 Å². The summed E-state index contributed by atoms with van der Waals surface area (Å²) in [4.78, 5) is 13.8. The van der Waals surface area contributed by atoms with Gasteiger partial charge < -0.3 is 5.32 Å². The Morgan fingerprint density at radius 2 is 2.19 bits per heavy atom. The first kappa shape index (κ1) is 15.5. The van der Waals surface area contributed by atoms with Crippen LogP contribution in [0, 0.1) is 23.1 Å². The molecule has 1 aromatic carbocycles. The lowest BCUT2D eigenvalue weighted by atomic mass is 9.98.